The minimum atomic E-state index is -0.919. The normalized spacial score (nSPS) is 24.4. The number of amides is 1. The molecule has 0 spiro atoms. The van der Waals surface area contributed by atoms with Gasteiger partial charge in [-0.25, -0.2) is 0 Å². The average molecular weight is 259 g/mol. The zero-order chi connectivity index (χ0) is 12.9. The van der Waals surface area contributed by atoms with Gasteiger partial charge in [0.1, 0.15) is 5.41 Å². The second-order valence-corrected chi connectivity index (χ2v) is 5.92. The summed E-state index contributed by atoms with van der Waals surface area (Å²) in [6, 6.07) is 0. The average Bonchev–Trinajstić information content (AvgIpc) is 2.86. The summed E-state index contributed by atoms with van der Waals surface area (Å²) in [5, 5.41) is 15.1. The van der Waals surface area contributed by atoms with Crippen molar-refractivity contribution in [2.45, 2.75) is 38.4 Å². The minimum Gasteiger partial charge on any atom is -0.409 e. The number of amidine groups is 1. The number of rotatable bonds is 5. The van der Waals surface area contributed by atoms with Gasteiger partial charge >= 0.3 is 0 Å². The second kappa shape index (κ2) is 6.14. The van der Waals surface area contributed by atoms with Crippen LogP contribution in [0.25, 0.3) is 0 Å². The molecule has 0 bridgehead atoms. The van der Waals surface area contributed by atoms with Gasteiger partial charge in [0.2, 0.25) is 5.91 Å². The maximum atomic E-state index is 12.1. The largest absolute Gasteiger partial charge is 0.409 e. The summed E-state index contributed by atoms with van der Waals surface area (Å²) in [5.41, 5.74) is 4.66. The molecule has 1 saturated heterocycles. The highest BCUT2D eigenvalue weighted by atomic mass is 32.2. The molecule has 0 radical (unpaired) electrons. The molecule has 6 heteroatoms. The van der Waals surface area contributed by atoms with Crippen LogP contribution in [-0.4, -0.2) is 34.5 Å². The first-order chi connectivity index (χ1) is 8.04. The highest BCUT2D eigenvalue weighted by molar-refractivity contribution is 8.00. The third-order valence-electron chi connectivity index (χ3n) is 3.40. The molecule has 0 aromatic heterocycles. The van der Waals surface area contributed by atoms with E-state index in [0.717, 1.165) is 6.42 Å². The van der Waals surface area contributed by atoms with E-state index in [9.17, 15) is 4.79 Å². The predicted molar refractivity (Wildman–Crippen MR) is 70.3 cm³/mol. The van der Waals surface area contributed by atoms with Gasteiger partial charge in [-0.2, -0.15) is 11.8 Å². The van der Waals surface area contributed by atoms with Crippen molar-refractivity contribution in [1.82, 2.24) is 5.32 Å². The monoisotopic (exact) mass is 259 g/mol. The topological polar surface area (TPSA) is 87.7 Å². The Morgan fingerprint density at radius 2 is 2.41 bits per heavy atom. The lowest BCUT2D eigenvalue weighted by Crippen LogP contribution is -2.48. The molecule has 5 nitrogen and oxygen atoms in total. The van der Waals surface area contributed by atoms with Gasteiger partial charge in [0.05, 0.1) is 0 Å². The Labute approximate surface area is 106 Å². The lowest BCUT2D eigenvalue weighted by atomic mass is 9.85. The van der Waals surface area contributed by atoms with E-state index in [1.54, 1.807) is 6.92 Å². The number of carbonyl (C=O) groups is 1. The van der Waals surface area contributed by atoms with E-state index in [0.29, 0.717) is 18.2 Å². The third-order valence-corrected chi connectivity index (χ3v) is 4.79. The van der Waals surface area contributed by atoms with Crippen molar-refractivity contribution in [1.29, 1.82) is 0 Å². The van der Waals surface area contributed by atoms with Crippen LogP contribution in [-0.2, 0) is 4.79 Å². The summed E-state index contributed by atoms with van der Waals surface area (Å²) in [6.07, 6.45) is 2.88. The van der Waals surface area contributed by atoms with E-state index < -0.39 is 5.41 Å². The maximum absolute atomic E-state index is 12.1. The molecular weight excluding hydrogens is 238 g/mol. The molecule has 2 atom stereocenters. The molecule has 0 aromatic rings. The molecule has 17 heavy (non-hydrogen) atoms. The van der Waals surface area contributed by atoms with Gasteiger partial charge in [0.25, 0.3) is 0 Å². The molecule has 1 amide bonds. The molecule has 0 aliphatic carbocycles. The van der Waals surface area contributed by atoms with Crippen molar-refractivity contribution >= 4 is 23.5 Å². The number of nitrogens with zero attached hydrogens (tertiary/aromatic N) is 1. The predicted octanol–water partition coefficient (Wildman–Crippen LogP) is 1.16. The third kappa shape index (κ3) is 3.28. The molecule has 0 aromatic carbocycles. The van der Waals surface area contributed by atoms with E-state index >= 15 is 0 Å². The van der Waals surface area contributed by atoms with Crippen LogP contribution in [0, 0.1) is 5.41 Å². The summed E-state index contributed by atoms with van der Waals surface area (Å²) >= 11 is 1.89. The summed E-state index contributed by atoms with van der Waals surface area (Å²) in [5.74, 6) is 0.977. The molecule has 0 saturated carbocycles. The summed E-state index contributed by atoms with van der Waals surface area (Å²) in [6.45, 7) is 4.21. The number of nitrogens with two attached hydrogens (primary N) is 1. The van der Waals surface area contributed by atoms with Gasteiger partial charge in [-0.1, -0.05) is 12.1 Å². The van der Waals surface area contributed by atoms with Crippen LogP contribution < -0.4 is 11.1 Å². The quantitative estimate of drug-likeness (QED) is 0.299. The Morgan fingerprint density at radius 1 is 1.71 bits per heavy atom. The van der Waals surface area contributed by atoms with Gasteiger partial charge in [0.15, 0.2) is 5.84 Å². The van der Waals surface area contributed by atoms with E-state index in [1.165, 1.54) is 12.2 Å². The Hall–Kier alpha value is -0.910. The summed E-state index contributed by atoms with van der Waals surface area (Å²) in [4.78, 5) is 12.1. The molecule has 4 N–H and O–H groups in total. The van der Waals surface area contributed by atoms with Crippen LogP contribution >= 0.6 is 11.8 Å². The van der Waals surface area contributed by atoms with Crippen LogP contribution in [0.4, 0.5) is 0 Å². The summed E-state index contributed by atoms with van der Waals surface area (Å²) in [7, 11) is 0. The van der Waals surface area contributed by atoms with E-state index in [2.05, 4.69) is 10.5 Å². The van der Waals surface area contributed by atoms with Crippen molar-refractivity contribution in [2.75, 3.05) is 12.3 Å². The Kier molecular flexibility index (Phi) is 5.11. The lowest BCUT2D eigenvalue weighted by molar-refractivity contribution is -0.127. The fourth-order valence-corrected chi connectivity index (χ4v) is 2.98. The maximum Gasteiger partial charge on any atom is 0.233 e. The fourth-order valence-electron chi connectivity index (χ4n) is 1.78. The van der Waals surface area contributed by atoms with E-state index in [4.69, 9.17) is 10.9 Å². The van der Waals surface area contributed by atoms with Crippen molar-refractivity contribution in [2.24, 2.45) is 16.3 Å². The zero-order valence-electron chi connectivity index (χ0n) is 10.4. The zero-order valence-corrected chi connectivity index (χ0v) is 11.2. The highest BCUT2D eigenvalue weighted by Gasteiger charge is 2.36. The number of oxime groups is 1. The Bertz CT molecular complexity index is 303. The van der Waals surface area contributed by atoms with Crippen LogP contribution in [0.5, 0.6) is 0 Å². The van der Waals surface area contributed by atoms with Gasteiger partial charge in [-0.05, 0) is 31.9 Å². The molecule has 1 heterocycles. The molecule has 1 aliphatic heterocycles. The molecule has 1 rings (SSSR count). The first-order valence-electron chi connectivity index (χ1n) is 5.92. The van der Waals surface area contributed by atoms with Crippen molar-refractivity contribution in [3.05, 3.63) is 0 Å². The smallest absolute Gasteiger partial charge is 0.233 e. The number of hydrogen-bond acceptors (Lipinski definition) is 4. The van der Waals surface area contributed by atoms with Crippen LogP contribution in [0.2, 0.25) is 0 Å². The number of hydrogen-bond donors (Lipinski definition) is 3. The van der Waals surface area contributed by atoms with Crippen molar-refractivity contribution in [3.8, 4) is 0 Å². The molecule has 2 unspecified atom stereocenters. The van der Waals surface area contributed by atoms with Gasteiger partial charge < -0.3 is 16.3 Å². The van der Waals surface area contributed by atoms with Crippen LogP contribution in [0.3, 0.4) is 0 Å². The fraction of sp³-hybridized carbons (Fsp3) is 0.818. The Morgan fingerprint density at radius 3 is 2.88 bits per heavy atom. The second-order valence-electron chi connectivity index (χ2n) is 4.52. The molecule has 1 aliphatic rings. The van der Waals surface area contributed by atoms with Crippen LogP contribution in [0.15, 0.2) is 5.16 Å². The summed E-state index contributed by atoms with van der Waals surface area (Å²) < 4.78 is 0. The Balaban J connectivity index is 2.54. The minimum absolute atomic E-state index is 0.0309. The van der Waals surface area contributed by atoms with Crippen molar-refractivity contribution in [3.63, 3.8) is 0 Å². The number of thioether (sulfide) groups is 1. The number of carbonyl (C=O) groups excluding carboxylic acids is 1. The number of nitrogens with one attached hydrogen (secondary N) is 1. The molecule has 98 valence electrons. The molecule has 1 fully saturated rings. The highest BCUT2D eigenvalue weighted by Crippen LogP contribution is 2.26. The van der Waals surface area contributed by atoms with Crippen LogP contribution in [0.1, 0.15) is 33.1 Å². The van der Waals surface area contributed by atoms with E-state index in [1.807, 2.05) is 18.7 Å². The van der Waals surface area contributed by atoms with E-state index in [-0.39, 0.29) is 11.7 Å². The lowest BCUT2D eigenvalue weighted by Gasteiger charge is -2.25. The standard InChI is InChI=1S/C11H21N3O2S/c1-3-11(2,9(12)14-16)10(15)13-7-8-5-4-6-17-8/h8,16H,3-7H2,1-2H3,(H2,12,14)(H,13,15). The van der Waals surface area contributed by atoms with Gasteiger partial charge in [0, 0.05) is 11.8 Å². The molecular formula is C11H21N3O2S. The van der Waals surface area contributed by atoms with Gasteiger partial charge in [-0.15, -0.1) is 0 Å². The van der Waals surface area contributed by atoms with Crippen molar-refractivity contribution < 1.29 is 10.0 Å². The first kappa shape index (κ1) is 14.2. The first-order valence-corrected chi connectivity index (χ1v) is 6.97. The SMILES string of the molecule is CCC(C)(C(=O)NCC1CCCS1)C(N)=NO. The van der Waals surface area contributed by atoms with Gasteiger partial charge in [-0.3, -0.25) is 4.79 Å².